The number of hydrogen-bond acceptors (Lipinski definition) is 4. The molecule has 0 aromatic heterocycles. The number of benzene rings is 1. The highest BCUT2D eigenvalue weighted by Crippen LogP contribution is 2.19. The number of sulfonamides is 1. The van der Waals surface area contributed by atoms with Crippen molar-refractivity contribution in [1.29, 1.82) is 0 Å². The van der Waals surface area contributed by atoms with Gasteiger partial charge in [-0.1, -0.05) is 13.8 Å². The maximum atomic E-state index is 12.5. The summed E-state index contributed by atoms with van der Waals surface area (Å²) in [6.07, 6.45) is 0. The largest absolute Gasteiger partial charge is 0.399 e. The molecule has 0 unspecified atom stereocenters. The number of rotatable bonds is 3. The van der Waals surface area contributed by atoms with Gasteiger partial charge in [-0.2, -0.15) is 4.31 Å². The van der Waals surface area contributed by atoms with Gasteiger partial charge >= 0.3 is 0 Å². The van der Waals surface area contributed by atoms with Crippen molar-refractivity contribution in [2.45, 2.75) is 18.7 Å². The third kappa shape index (κ3) is 3.36. The lowest BCUT2D eigenvalue weighted by molar-refractivity contribution is -0.135. The van der Waals surface area contributed by atoms with E-state index >= 15 is 0 Å². The van der Waals surface area contributed by atoms with Crippen LogP contribution in [-0.2, 0) is 14.8 Å². The Hall–Kier alpha value is -1.60. The van der Waals surface area contributed by atoms with Crippen molar-refractivity contribution in [2.24, 2.45) is 5.92 Å². The maximum Gasteiger partial charge on any atom is 0.243 e. The summed E-state index contributed by atoms with van der Waals surface area (Å²) in [6.45, 7) is 5.21. The lowest BCUT2D eigenvalue weighted by Crippen LogP contribution is -2.51. The smallest absolute Gasteiger partial charge is 0.243 e. The molecule has 0 atom stereocenters. The highest BCUT2D eigenvalue weighted by atomic mass is 32.2. The molecule has 7 heteroatoms. The van der Waals surface area contributed by atoms with Crippen LogP contribution in [0.25, 0.3) is 0 Å². The Labute approximate surface area is 125 Å². The lowest BCUT2D eigenvalue weighted by Gasteiger charge is -2.34. The quantitative estimate of drug-likeness (QED) is 0.835. The van der Waals surface area contributed by atoms with E-state index in [1.54, 1.807) is 17.0 Å². The first-order valence-electron chi connectivity index (χ1n) is 6.97. The summed E-state index contributed by atoms with van der Waals surface area (Å²) in [6, 6.07) is 6.17. The van der Waals surface area contributed by atoms with Crippen molar-refractivity contribution >= 4 is 21.6 Å². The minimum absolute atomic E-state index is 0.0646. The standard InChI is InChI=1S/C14H21N3O3S/c1-11(2)14(18)16-7-9-17(10-8-16)21(19,20)13-5-3-12(15)4-6-13/h3-6,11H,7-10,15H2,1-2H3. The van der Waals surface area contributed by atoms with E-state index in [0.29, 0.717) is 31.9 Å². The number of amides is 1. The van der Waals surface area contributed by atoms with Gasteiger partial charge in [0.25, 0.3) is 0 Å². The summed E-state index contributed by atoms with van der Waals surface area (Å²) in [5.74, 6) is 0.00443. The summed E-state index contributed by atoms with van der Waals surface area (Å²) >= 11 is 0. The second-order valence-electron chi connectivity index (χ2n) is 5.45. The second kappa shape index (κ2) is 6.03. The molecule has 1 aliphatic rings. The number of carbonyl (C=O) groups is 1. The number of nitrogens with zero attached hydrogens (tertiary/aromatic N) is 2. The molecule has 2 rings (SSSR count). The van der Waals surface area contributed by atoms with Crippen LogP contribution in [0.1, 0.15) is 13.8 Å². The second-order valence-corrected chi connectivity index (χ2v) is 7.39. The van der Waals surface area contributed by atoms with Crippen molar-refractivity contribution in [2.75, 3.05) is 31.9 Å². The summed E-state index contributed by atoms with van der Waals surface area (Å²) in [4.78, 5) is 13.9. The molecule has 0 aliphatic carbocycles. The van der Waals surface area contributed by atoms with Gasteiger partial charge in [-0.3, -0.25) is 4.79 Å². The highest BCUT2D eigenvalue weighted by molar-refractivity contribution is 7.89. The molecule has 6 nitrogen and oxygen atoms in total. The Morgan fingerprint density at radius 3 is 2.10 bits per heavy atom. The van der Waals surface area contributed by atoms with E-state index in [1.165, 1.54) is 16.4 Å². The number of anilines is 1. The fourth-order valence-corrected chi connectivity index (χ4v) is 3.73. The van der Waals surface area contributed by atoms with Crippen molar-refractivity contribution < 1.29 is 13.2 Å². The molecule has 116 valence electrons. The first-order valence-corrected chi connectivity index (χ1v) is 8.41. The zero-order valence-corrected chi connectivity index (χ0v) is 13.1. The molecular formula is C14H21N3O3S. The number of piperazine rings is 1. The molecule has 1 aliphatic heterocycles. The van der Waals surface area contributed by atoms with E-state index in [4.69, 9.17) is 5.73 Å². The molecule has 0 radical (unpaired) electrons. The van der Waals surface area contributed by atoms with Crippen LogP contribution < -0.4 is 5.73 Å². The molecule has 1 aromatic carbocycles. The van der Waals surface area contributed by atoms with Gasteiger partial charge < -0.3 is 10.6 Å². The van der Waals surface area contributed by atoms with Crippen LogP contribution >= 0.6 is 0 Å². The lowest BCUT2D eigenvalue weighted by atomic mass is 10.2. The van der Waals surface area contributed by atoms with Gasteiger partial charge in [-0.25, -0.2) is 8.42 Å². The van der Waals surface area contributed by atoms with E-state index in [2.05, 4.69) is 0 Å². The van der Waals surface area contributed by atoms with Crippen LogP contribution in [0.4, 0.5) is 5.69 Å². The Balaban J connectivity index is 2.07. The zero-order chi connectivity index (χ0) is 15.6. The molecule has 1 fully saturated rings. The topological polar surface area (TPSA) is 83.7 Å². The summed E-state index contributed by atoms with van der Waals surface area (Å²) in [7, 11) is -3.51. The average Bonchev–Trinajstić information content (AvgIpc) is 2.47. The van der Waals surface area contributed by atoms with Gasteiger partial charge in [-0.05, 0) is 24.3 Å². The molecule has 1 aromatic rings. The van der Waals surface area contributed by atoms with Crippen molar-refractivity contribution in [3.05, 3.63) is 24.3 Å². The monoisotopic (exact) mass is 311 g/mol. The summed E-state index contributed by atoms with van der Waals surface area (Å²) in [5, 5.41) is 0. The van der Waals surface area contributed by atoms with Crippen LogP contribution in [-0.4, -0.2) is 49.7 Å². The van der Waals surface area contributed by atoms with E-state index in [-0.39, 0.29) is 16.7 Å². The van der Waals surface area contributed by atoms with E-state index in [9.17, 15) is 13.2 Å². The van der Waals surface area contributed by atoms with Crippen LogP contribution in [0, 0.1) is 5.92 Å². The van der Waals surface area contributed by atoms with Gasteiger partial charge in [-0.15, -0.1) is 0 Å². The number of nitrogen functional groups attached to an aromatic ring is 1. The SMILES string of the molecule is CC(C)C(=O)N1CCN(S(=O)(=O)c2ccc(N)cc2)CC1. The molecule has 0 saturated carbocycles. The van der Waals surface area contributed by atoms with Crippen molar-refractivity contribution in [1.82, 2.24) is 9.21 Å². The molecule has 0 spiro atoms. The van der Waals surface area contributed by atoms with Crippen LogP contribution in [0.15, 0.2) is 29.2 Å². The zero-order valence-electron chi connectivity index (χ0n) is 12.3. The van der Waals surface area contributed by atoms with Crippen LogP contribution in [0.2, 0.25) is 0 Å². The fourth-order valence-electron chi connectivity index (χ4n) is 2.30. The maximum absolute atomic E-state index is 12.5. The third-order valence-corrected chi connectivity index (χ3v) is 5.47. The number of carbonyl (C=O) groups excluding carboxylic acids is 1. The average molecular weight is 311 g/mol. The van der Waals surface area contributed by atoms with Gasteiger partial charge in [0.2, 0.25) is 15.9 Å². The summed E-state index contributed by atoms with van der Waals surface area (Å²) in [5.41, 5.74) is 6.10. The number of nitrogens with two attached hydrogens (primary N) is 1. The molecule has 1 amide bonds. The predicted octanol–water partition coefficient (Wildman–Crippen LogP) is 0.758. The van der Waals surface area contributed by atoms with Crippen LogP contribution in [0.5, 0.6) is 0 Å². The fraction of sp³-hybridized carbons (Fsp3) is 0.500. The van der Waals surface area contributed by atoms with Gasteiger partial charge in [0.05, 0.1) is 4.90 Å². The van der Waals surface area contributed by atoms with Crippen LogP contribution in [0.3, 0.4) is 0 Å². The molecular weight excluding hydrogens is 290 g/mol. The molecule has 0 bridgehead atoms. The summed E-state index contributed by atoms with van der Waals surface area (Å²) < 4.78 is 26.4. The van der Waals surface area contributed by atoms with E-state index in [1.807, 2.05) is 13.8 Å². The highest BCUT2D eigenvalue weighted by Gasteiger charge is 2.30. The normalized spacial score (nSPS) is 17.2. The molecule has 1 saturated heterocycles. The van der Waals surface area contributed by atoms with Gasteiger partial charge in [0.1, 0.15) is 0 Å². The number of hydrogen-bond donors (Lipinski definition) is 1. The Bertz CT molecular complexity index is 603. The Kier molecular flexibility index (Phi) is 4.53. The predicted molar refractivity (Wildman–Crippen MR) is 81.0 cm³/mol. The third-order valence-electron chi connectivity index (χ3n) is 3.56. The molecule has 2 N–H and O–H groups in total. The van der Waals surface area contributed by atoms with E-state index < -0.39 is 10.0 Å². The van der Waals surface area contributed by atoms with Crippen molar-refractivity contribution in [3.8, 4) is 0 Å². The van der Waals surface area contributed by atoms with Crippen molar-refractivity contribution in [3.63, 3.8) is 0 Å². The first-order chi connectivity index (χ1) is 9.82. The molecule has 21 heavy (non-hydrogen) atoms. The Morgan fingerprint density at radius 1 is 1.10 bits per heavy atom. The minimum atomic E-state index is -3.51. The molecule has 1 heterocycles. The first kappa shape index (κ1) is 15.8. The minimum Gasteiger partial charge on any atom is -0.399 e. The van der Waals surface area contributed by atoms with Gasteiger partial charge in [0, 0.05) is 37.8 Å². The Morgan fingerprint density at radius 2 is 1.62 bits per heavy atom. The van der Waals surface area contributed by atoms with Gasteiger partial charge in [0.15, 0.2) is 0 Å². The van der Waals surface area contributed by atoms with E-state index in [0.717, 1.165) is 0 Å².